The highest BCUT2D eigenvalue weighted by Crippen LogP contribution is 2.26. The zero-order chi connectivity index (χ0) is 15.4. The summed E-state index contributed by atoms with van der Waals surface area (Å²) in [5.74, 6) is 0.702. The Labute approximate surface area is 146 Å². The van der Waals surface area contributed by atoms with Gasteiger partial charge in [0.25, 0.3) is 0 Å². The first kappa shape index (κ1) is 16.4. The van der Waals surface area contributed by atoms with Crippen molar-refractivity contribution < 1.29 is 0 Å². The van der Waals surface area contributed by atoms with Crippen molar-refractivity contribution in [2.75, 3.05) is 5.32 Å². The lowest BCUT2D eigenvalue weighted by Gasteiger charge is -2.18. The predicted octanol–water partition coefficient (Wildman–Crippen LogP) is 4.96. The Morgan fingerprint density at radius 3 is 2.52 bits per heavy atom. The van der Waals surface area contributed by atoms with Crippen molar-refractivity contribution in [1.82, 2.24) is 10.3 Å². The zero-order valence-electron chi connectivity index (χ0n) is 11.7. The number of aryl methyl sites for hydroxylation is 1. The highest BCUT2D eigenvalue weighted by atomic mass is 79.9. The Balaban J connectivity index is 2.04. The van der Waals surface area contributed by atoms with Crippen LogP contribution in [0.15, 0.2) is 45.3 Å². The van der Waals surface area contributed by atoms with Crippen LogP contribution in [0.3, 0.4) is 0 Å². The molecule has 1 aromatic carbocycles. The third-order valence-electron chi connectivity index (χ3n) is 2.98. The van der Waals surface area contributed by atoms with Gasteiger partial charge < -0.3 is 10.6 Å². The summed E-state index contributed by atoms with van der Waals surface area (Å²) in [7, 11) is 0. The molecule has 0 saturated heterocycles. The minimum atomic E-state index is 0.126. The van der Waals surface area contributed by atoms with E-state index in [2.05, 4.69) is 66.5 Å². The van der Waals surface area contributed by atoms with E-state index in [9.17, 15) is 0 Å². The normalized spacial score (nSPS) is 11.8. The van der Waals surface area contributed by atoms with E-state index in [4.69, 9.17) is 12.2 Å². The van der Waals surface area contributed by atoms with Crippen LogP contribution in [0.4, 0.5) is 5.82 Å². The van der Waals surface area contributed by atoms with Gasteiger partial charge in [0.2, 0.25) is 0 Å². The second-order valence-corrected chi connectivity index (χ2v) is 6.73. The van der Waals surface area contributed by atoms with E-state index in [1.165, 1.54) is 5.56 Å². The van der Waals surface area contributed by atoms with Gasteiger partial charge in [-0.2, -0.15) is 0 Å². The number of hydrogen-bond donors (Lipinski definition) is 2. The number of rotatable bonds is 3. The smallest absolute Gasteiger partial charge is 0.172 e. The minimum absolute atomic E-state index is 0.126. The van der Waals surface area contributed by atoms with E-state index in [1.54, 1.807) is 0 Å². The lowest BCUT2D eigenvalue weighted by atomic mass is 10.1. The maximum absolute atomic E-state index is 5.35. The maximum Gasteiger partial charge on any atom is 0.172 e. The average molecular weight is 429 g/mol. The van der Waals surface area contributed by atoms with Crippen LogP contribution < -0.4 is 10.6 Å². The lowest BCUT2D eigenvalue weighted by molar-refractivity contribution is 0.722. The molecule has 0 aliphatic heterocycles. The molecule has 2 rings (SSSR count). The average Bonchev–Trinajstić information content (AvgIpc) is 2.45. The monoisotopic (exact) mass is 427 g/mol. The molecule has 0 saturated carbocycles. The number of hydrogen-bond acceptors (Lipinski definition) is 2. The molecule has 1 heterocycles. The Morgan fingerprint density at radius 1 is 1.19 bits per heavy atom. The van der Waals surface area contributed by atoms with Crippen molar-refractivity contribution in [2.24, 2.45) is 0 Å². The van der Waals surface area contributed by atoms with Gasteiger partial charge in [-0.25, -0.2) is 4.98 Å². The molecule has 21 heavy (non-hydrogen) atoms. The van der Waals surface area contributed by atoms with Gasteiger partial charge in [-0.05, 0) is 69.6 Å². The molecule has 0 spiro atoms. The van der Waals surface area contributed by atoms with E-state index in [0.717, 1.165) is 14.6 Å². The van der Waals surface area contributed by atoms with Crippen LogP contribution in [0, 0.1) is 6.92 Å². The topological polar surface area (TPSA) is 37.0 Å². The number of pyridine rings is 1. The van der Waals surface area contributed by atoms with Gasteiger partial charge in [0.05, 0.1) is 16.2 Å². The van der Waals surface area contributed by atoms with E-state index in [1.807, 2.05) is 31.2 Å². The minimum Gasteiger partial charge on any atom is -0.356 e. The fourth-order valence-electron chi connectivity index (χ4n) is 1.81. The molecule has 1 aromatic heterocycles. The summed E-state index contributed by atoms with van der Waals surface area (Å²) in [6.07, 6.45) is 0. The largest absolute Gasteiger partial charge is 0.356 e. The zero-order valence-corrected chi connectivity index (χ0v) is 15.6. The van der Waals surface area contributed by atoms with Gasteiger partial charge in [0.15, 0.2) is 5.11 Å². The van der Waals surface area contributed by atoms with Gasteiger partial charge in [0, 0.05) is 4.47 Å². The van der Waals surface area contributed by atoms with Gasteiger partial charge in [-0.3, -0.25) is 0 Å². The van der Waals surface area contributed by atoms with E-state index >= 15 is 0 Å². The van der Waals surface area contributed by atoms with E-state index < -0.39 is 0 Å². The number of aromatic nitrogens is 1. The number of thiocarbonyl (C=S) groups is 1. The molecule has 0 radical (unpaired) electrons. The lowest BCUT2D eigenvalue weighted by Crippen LogP contribution is -2.31. The Bertz CT molecular complexity index is 647. The molecule has 1 atom stereocenters. The SMILES string of the molecule is Cc1nc(NC(=S)NC(C)c2ccccc2)c(Br)cc1Br. The highest BCUT2D eigenvalue weighted by Gasteiger charge is 2.10. The molecule has 6 heteroatoms. The molecule has 2 N–H and O–H groups in total. The maximum atomic E-state index is 5.35. The van der Waals surface area contributed by atoms with Crippen LogP contribution in [-0.4, -0.2) is 10.1 Å². The summed E-state index contributed by atoms with van der Waals surface area (Å²) in [6.45, 7) is 4.00. The number of anilines is 1. The van der Waals surface area contributed by atoms with Gasteiger partial charge >= 0.3 is 0 Å². The Morgan fingerprint density at radius 2 is 1.86 bits per heavy atom. The molecule has 0 fully saturated rings. The first-order chi connectivity index (χ1) is 9.97. The van der Waals surface area contributed by atoms with Crippen molar-refractivity contribution >= 4 is 55.0 Å². The fourth-order valence-corrected chi connectivity index (χ4v) is 3.13. The van der Waals surface area contributed by atoms with Crippen LogP contribution in [0.2, 0.25) is 0 Å². The van der Waals surface area contributed by atoms with Crippen molar-refractivity contribution in [1.29, 1.82) is 0 Å². The first-order valence-corrected chi connectivity index (χ1v) is 8.42. The third kappa shape index (κ3) is 4.49. The summed E-state index contributed by atoms with van der Waals surface area (Å²) in [5, 5.41) is 6.92. The van der Waals surface area contributed by atoms with Crippen LogP contribution in [-0.2, 0) is 0 Å². The molecule has 0 aliphatic rings. The third-order valence-corrected chi connectivity index (χ3v) is 4.61. The second kappa shape index (κ2) is 7.33. The van der Waals surface area contributed by atoms with E-state index in [0.29, 0.717) is 10.9 Å². The van der Waals surface area contributed by atoms with E-state index in [-0.39, 0.29) is 6.04 Å². The number of halogens is 2. The standard InChI is InChI=1S/C15H15Br2N3S/c1-9(11-6-4-3-5-7-11)19-15(21)20-14-13(17)8-12(16)10(2)18-14/h3-9H,1-2H3,(H2,18,19,20,21). The fraction of sp³-hybridized carbons (Fsp3) is 0.200. The van der Waals surface area contributed by atoms with Crippen LogP contribution >= 0.6 is 44.1 Å². The van der Waals surface area contributed by atoms with Crippen molar-refractivity contribution in [2.45, 2.75) is 19.9 Å². The summed E-state index contributed by atoms with van der Waals surface area (Å²) in [6, 6.07) is 12.2. The molecular formula is C15H15Br2N3S. The molecule has 1 unspecified atom stereocenters. The Kier molecular flexibility index (Phi) is 5.72. The molecule has 0 amide bonds. The number of nitrogens with zero attached hydrogens (tertiary/aromatic N) is 1. The molecule has 3 nitrogen and oxygen atoms in total. The highest BCUT2D eigenvalue weighted by molar-refractivity contribution is 9.11. The number of benzene rings is 1. The molecule has 0 bridgehead atoms. The van der Waals surface area contributed by atoms with Gasteiger partial charge in [0.1, 0.15) is 5.82 Å². The molecule has 0 aliphatic carbocycles. The molecule has 110 valence electrons. The first-order valence-electron chi connectivity index (χ1n) is 6.42. The molecular weight excluding hydrogens is 414 g/mol. The van der Waals surface area contributed by atoms with Crippen molar-refractivity contribution in [3.05, 3.63) is 56.6 Å². The molecule has 2 aromatic rings. The van der Waals surface area contributed by atoms with Crippen molar-refractivity contribution in [3.8, 4) is 0 Å². The summed E-state index contributed by atoms with van der Waals surface area (Å²) in [4.78, 5) is 4.46. The quantitative estimate of drug-likeness (QED) is 0.677. The van der Waals surface area contributed by atoms with Crippen LogP contribution in [0.5, 0.6) is 0 Å². The number of nitrogens with one attached hydrogen (secondary N) is 2. The summed E-state index contributed by atoms with van der Waals surface area (Å²) in [5.41, 5.74) is 2.08. The summed E-state index contributed by atoms with van der Waals surface area (Å²) < 4.78 is 1.81. The van der Waals surface area contributed by atoms with Gasteiger partial charge in [-0.1, -0.05) is 30.3 Å². The van der Waals surface area contributed by atoms with Crippen LogP contribution in [0.25, 0.3) is 0 Å². The van der Waals surface area contributed by atoms with Gasteiger partial charge in [-0.15, -0.1) is 0 Å². The Hall–Kier alpha value is -0.980. The van der Waals surface area contributed by atoms with Crippen molar-refractivity contribution in [3.63, 3.8) is 0 Å². The van der Waals surface area contributed by atoms with Crippen LogP contribution in [0.1, 0.15) is 24.2 Å². The predicted molar refractivity (Wildman–Crippen MR) is 98.6 cm³/mol. The second-order valence-electron chi connectivity index (χ2n) is 4.62. The summed E-state index contributed by atoms with van der Waals surface area (Å²) >= 11 is 12.3.